The Morgan fingerprint density at radius 2 is 1.95 bits per heavy atom. The minimum Gasteiger partial charge on any atom is -0.356 e. The van der Waals surface area contributed by atoms with Gasteiger partial charge in [0.2, 0.25) is 5.91 Å². The Hall–Kier alpha value is -0.0900. The molecule has 0 aliphatic heterocycles. The number of carbonyl (C=O) groups excluding carboxylic acids is 1. The van der Waals surface area contributed by atoms with Crippen LogP contribution >= 0.6 is 15.9 Å². The molecule has 1 N–H and O–H groups in total. The second-order valence-corrected chi connectivity index (χ2v) is 6.42. The summed E-state index contributed by atoms with van der Waals surface area (Å²) in [5.74, 6) is 0.210. The third kappa shape index (κ3) is 7.93. The molecule has 0 bridgehead atoms. The Labute approximate surface area is 126 Å². The summed E-state index contributed by atoms with van der Waals surface area (Å²) in [5, 5.41) is 4.01. The van der Waals surface area contributed by atoms with Crippen molar-refractivity contribution in [2.75, 3.05) is 25.5 Å². The number of halogens is 1. The van der Waals surface area contributed by atoms with E-state index in [2.05, 4.69) is 33.2 Å². The second kappa shape index (κ2) is 10.7. The molecule has 1 aliphatic carbocycles. The summed E-state index contributed by atoms with van der Waals surface area (Å²) in [5.41, 5.74) is 0. The molecule has 1 amide bonds. The molecule has 0 atom stereocenters. The van der Waals surface area contributed by atoms with Gasteiger partial charge in [-0.1, -0.05) is 35.2 Å². The number of nitrogens with one attached hydrogen (secondary N) is 1. The molecule has 0 aromatic rings. The van der Waals surface area contributed by atoms with Crippen LogP contribution < -0.4 is 5.32 Å². The monoisotopic (exact) mass is 332 g/mol. The van der Waals surface area contributed by atoms with Gasteiger partial charge in [0.05, 0.1) is 0 Å². The highest BCUT2D eigenvalue weighted by atomic mass is 79.9. The molecule has 0 spiro atoms. The Balaban J connectivity index is 1.98. The van der Waals surface area contributed by atoms with Gasteiger partial charge in [0, 0.05) is 24.3 Å². The third-order valence-corrected chi connectivity index (χ3v) is 4.56. The highest BCUT2D eigenvalue weighted by Crippen LogP contribution is 2.21. The van der Waals surface area contributed by atoms with E-state index in [9.17, 15) is 4.79 Å². The third-order valence-electron chi connectivity index (χ3n) is 4.00. The van der Waals surface area contributed by atoms with E-state index in [0.717, 1.165) is 43.7 Å². The predicted molar refractivity (Wildman–Crippen MR) is 84.8 cm³/mol. The maximum absolute atomic E-state index is 11.5. The fourth-order valence-corrected chi connectivity index (χ4v) is 3.13. The van der Waals surface area contributed by atoms with Gasteiger partial charge in [-0.2, -0.15) is 0 Å². The van der Waals surface area contributed by atoms with Gasteiger partial charge in [-0.3, -0.25) is 4.79 Å². The van der Waals surface area contributed by atoms with Crippen LogP contribution in [0.2, 0.25) is 0 Å². The van der Waals surface area contributed by atoms with Crippen molar-refractivity contribution in [3.63, 3.8) is 0 Å². The number of rotatable bonds is 9. The zero-order valence-electron chi connectivity index (χ0n) is 12.3. The lowest BCUT2D eigenvalue weighted by molar-refractivity contribution is -0.121. The molecule has 3 nitrogen and oxygen atoms in total. The molecule has 0 radical (unpaired) electrons. The Morgan fingerprint density at radius 3 is 2.63 bits per heavy atom. The van der Waals surface area contributed by atoms with E-state index in [0.29, 0.717) is 6.42 Å². The maximum Gasteiger partial charge on any atom is 0.219 e. The van der Waals surface area contributed by atoms with Gasteiger partial charge in [0.25, 0.3) is 0 Å². The summed E-state index contributed by atoms with van der Waals surface area (Å²) in [6.45, 7) is 1.93. The van der Waals surface area contributed by atoms with E-state index < -0.39 is 0 Å². The van der Waals surface area contributed by atoms with Crippen molar-refractivity contribution in [2.24, 2.45) is 0 Å². The van der Waals surface area contributed by atoms with Crippen LogP contribution in [0.15, 0.2) is 0 Å². The summed E-state index contributed by atoms with van der Waals surface area (Å²) in [4.78, 5) is 14.0. The Kier molecular flexibility index (Phi) is 9.52. The number of hydrogen-bond acceptors (Lipinski definition) is 2. The molecule has 1 aliphatic rings. The van der Waals surface area contributed by atoms with Gasteiger partial charge < -0.3 is 10.2 Å². The highest BCUT2D eigenvalue weighted by molar-refractivity contribution is 9.09. The van der Waals surface area contributed by atoms with Gasteiger partial charge >= 0.3 is 0 Å². The fraction of sp³-hybridized carbons (Fsp3) is 0.933. The summed E-state index contributed by atoms with van der Waals surface area (Å²) in [6.07, 6.45) is 10.7. The van der Waals surface area contributed by atoms with Crippen molar-refractivity contribution >= 4 is 21.8 Å². The Morgan fingerprint density at radius 1 is 1.21 bits per heavy atom. The van der Waals surface area contributed by atoms with E-state index in [-0.39, 0.29) is 5.91 Å². The number of carbonyl (C=O) groups is 1. The average molecular weight is 333 g/mol. The summed E-state index contributed by atoms with van der Waals surface area (Å²) in [7, 11) is 2.23. The first-order chi connectivity index (χ1) is 9.24. The van der Waals surface area contributed by atoms with E-state index >= 15 is 0 Å². The number of hydrogen-bond donors (Lipinski definition) is 1. The van der Waals surface area contributed by atoms with Gasteiger partial charge in [-0.15, -0.1) is 0 Å². The molecule has 4 heteroatoms. The van der Waals surface area contributed by atoms with Gasteiger partial charge in [-0.05, 0) is 45.7 Å². The van der Waals surface area contributed by atoms with Crippen LogP contribution in [-0.2, 0) is 4.79 Å². The molecular weight excluding hydrogens is 304 g/mol. The molecule has 0 aromatic heterocycles. The van der Waals surface area contributed by atoms with E-state index in [1.807, 2.05) is 0 Å². The lowest BCUT2D eigenvalue weighted by Gasteiger charge is -2.31. The van der Waals surface area contributed by atoms with Crippen molar-refractivity contribution in [2.45, 2.75) is 63.8 Å². The topological polar surface area (TPSA) is 32.3 Å². The van der Waals surface area contributed by atoms with Gasteiger partial charge in [0.15, 0.2) is 0 Å². The minimum absolute atomic E-state index is 0.210. The molecule has 0 heterocycles. The SMILES string of the molecule is CN(CCCNC(=O)CCCCBr)C1CCCCC1. The number of unbranched alkanes of at least 4 members (excludes halogenated alkanes) is 1. The van der Waals surface area contributed by atoms with Crippen molar-refractivity contribution in [3.05, 3.63) is 0 Å². The molecule has 0 aromatic carbocycles. The van der Waals surface area contributed by atoms with Crippen LogP contribution in [0.3, 0.4) is 0 Å². The zero-order chi connectivity index (χ0) is 13.9. The minimum atomic E-state index is 0.210. The number of alkyl halides is 1. The van der Waals surface area contributed by atoms with Crippen molar-refractivity contribution in [3.8, 4) is 0 Å². The average Bonchev–Trinajstić information content (AvgIpc) is 2.44. The van der Waals surface area contributed by atoms with Crippen molar-refractivity contribution < 1.29 is 4.79 Å². The molecule has 1 rings (SSSR count). The standard InChI is InChI=1S/C15H29BrN2O/c1-18(14-8-3-2-4-9-14)13-7-12-17-15(19)10-5-6-11-16/h14H,2-13H2,1H3,(H,17,19). The van der Waals surface area contributed by atoms with Crippen LogP contribution in [0, 0.1) is 0 Å². The van der Waals surface area contributed by atoms with E-state index in [4.69, 9.17) is 0 Å². The summed E-state index contributed by atoms with van der Waals surface area (Å²) >= 11 is 3.38. The summed E-state index contributed by atoms with van der Waals surface area (Å²) < 4.78 is 0. The maximum atomic E-state index is 11.5. The van der Waals surface area contributed by atoms with Crippen molar-refractivity contribution in [1.29, 1.82) is 0 Å². The highest BCUT2D eigenvalue weighted by Gasteiger charge is 2.17. The quantitative estimate of drug-likeness (QED) is 0.519. The molecule has 112 valence electrons. The van der Waals surface area contributed by atoms with Crippen molar-refractivity contribution in [1.82, 2.24) is 10.2 Å². The molecule has 19 heavy (non-hydrogen) atoms. The molecule has 0 saturated heterocycles. The number of nitrogens with zero attached hydrogens (tertiary/aromatic N) is 1. The first-order valence-corrected chi connectivity index (χ1v) is 8.89. The normalized spacial score (nSPS) is 16.8. The van der Waals surface area contributed by atoms with Crippen LogP contribution in [0.4, 0.5) is 0 Å². The Bertz CT molecular complexity index is 242. The molecule has 1 saturated carbocycles. The molecule has 0 unspecified atom stereocenters. The smallest absolute Gasteiger partial charge is 0.219 e. The van der Waals surface area contributed by atoms with Crippen LogP contribution in [-0.4, -0.2) is 42.3 Å². The lowest BCUT2D eigenvalue weighted by Crippen LogP contribution is -2.35. The molecular formula is C15H29BrN2O. The number of amides is 1. The van der Waals surface area contributed by atoms with Crippen LogP contribution in [0.5, 0.6) is 0 Å². The lowest BCUT2D eigenvalue weighted by atomic mass is 9.94. The zero-order valence-corrected chi connectivity index (χ0v) is 13.9. The first kappa shape index (κ1) is 17.0. The second-order valence-electron chi connectivity index (χ2n) is 5.62. The van der Waals surface area contributed by atoms with E-state index in [1.165, 1.54) is 32.1 Å². The first-order valence-electron chi connectivity index (χ1n) is 7.77. The van der Waals surface area contributed by atoms with Crippen LogP contribution in [0.25, 0.3) is 0 Å². The van der Waals surface area contributed by atoms with Gasteiger partial charge in [-0.25, -0.2) is 0 Å². The van der Waals surface area contributed by atoms with E-state index in [1.54, 1.807) is 0 Å². The largest absolute Gasteiger partial charge is 0.356 e. The summed E-state index contributed by atoms with van der Waals surface area (Å²) in [6, 6.07) is 0.781. The molecule has 1 fully saturated rings. The predicted octanol–water partition coefficient (Wildman–Crippen LogP) is 3.32. The van der Waals surface area contributed by atoms with Crippen LogP contribution in [0.1, 0.15) is 57.8 Å². The fourth-order valence-electron chi connectivity index (χ4n) is 2.73. The van der Waals surface area contributed by atoms with Gasteiger partial charge in [0.1, 0.15) is 0 Å².